The summed E-state index contributed by atoms with van der Waals surface area (Å²) in [5.74, 6) is -0.222. The molecule has 0 unspecified atom stereocenters. The Morgan fingerprint density at radius 3 is 2.72 bits per heavy atom. The number of hydrogen-bond acceptors (Lipinski definition) is 10. The molecule has 0 spiro atoms. The third kappa shape index (κ3) is 5.33. The number of benzene rings is 1. The molecule has 36 heavy (non-hydrogen) atoms. The predicted octanol–water partition coefficient (Wildman–Crippen LogP) is 4.34. The second kappa shape index (κ2) is 10.4. The number of likely N-dealkylation sites (N-methyl/N-ethyl adjacent to an activating group) is 2. The van der Waals surface area contributed by atoms with Gasteiger partial charge in [0.2, 0.25) is 5.95 Å². The van der Waals surface area contributed by atoms with Gasteiger partial charge in [-0.1, -0.05) is 0 Å². The molecule has 0 fully saturated rings. The molecule has 0 bridgehead atoms. The third-order valence-electron chi connectivity index (χ3n) is 5.39. The molecule has 1 aromatic carbocycles. The number of thiophene rings is 1. The minimum absolute atomic E-state index is 0.0463. The van der Waals surface area contributed by atoms with Crippen LogP contribution in [0, 0.1) is 10.1 Å². The topological polar surface area (TPSA) is 114 Å². The summed E-state index contributed by atoms with van der Waals surface area (Å²) in [6, 6.07) is 5.99. The molecule has 11 nitrogen and oxygen atoms in total. The maximum absolute atomic E-state index is 13.2. The number of rotatable bonds is 10. The fraction of sp³-hybridized carbons (Fsp3) is 0.318. The maximum Gasteiger partial charge on any atom is 0.387 e. The summed E-state index contributed by atoms with van der Waals surface area (Å²) in [6.07, 6.45) is 1.49. The van der Waals surface area contributed by atoms with Crippen molar-refractivity contribution < 1.29 is 18.4 Å². The highest BCUT2D eigenvalue weighted by molar-refractivity contribution is 7.17. The Bertz CT molecular complexity index is 1390. The van der Waals surface area contributed by atoms with Crippen LogP contribution in [0.3, 0.4) is 0 Å². The largest absolute Gasteiger partial charge is 0.433 e. The van der Waals surface area contributed by atoms with Gasteiger partial charge in [-0.3, -0.25) is 14.8 Å². The number of nitro groups is 1. The highest BCUT2D eigenvalue weighted by atomic mass is 32.1. The number of anilines is 3. The standard InChI is InChI=1S/C22H24F2N8O3S/c1-29(2)8-9-30(3)16-12-18(35-21(23)24)14(11-17(16)32(33)34)27-22-25-7-5-13(26-22)19-20-15(6-10-36-20)31(4)28-19/h5-7,10-12,21H,8-9H2,1-4H3,(H,25,26,27). The Labute approximate surface area is 209 Å². The first-order valence-corrected chi connectivity index (χ1v) is 11.7. The lowest BCUT2D eigenvalue weighted by atomic mass is 10.2. The van der Waals surface area contributed by atoms with Crippen LogP contribution in [0.1, 0.15) is 0 Å². The molecular weight excluding hydrogens is 494 g/mol. The second-order valence-corrected chi connectivity index (χ2v) is 9.11. The lowest BCUT2D eigenvalue weighted by Crippen LogP contribution is -2.29. The highest BCUT2D eigenvalue weighted by Crippen LogP contribution is 2.40. The molecule has 190 valence electrons. The van der Waals surface area contributed by atoms with Crippen molar-refractivity contribution in [3.63, 3.8) is 0 Å². The van der Waals surface area contributed by atoms with Crippen molar-refractivity contribution in [3.8, 4) is 17.1 Å². The minimum Gasteiger partial charge on any atom is -0.433 e. The van der Waals surface area contributed by atoms with Crippen LogP contribution in [0.2, 0.25) is 0 Å². The van der Waals surface area contributed by atoms with Gasteiger partial charge in [0.1, 0.15) is 11.4 Å². The number of alkyl halides is 2. The zero-order valence-corrected chi connectivity index (χ0v) is 20.8. The Kier molecular flexibility index (Phi) is 7.26. The van der Waals surface area contributed by atoms with Crippen LogP contribution in [-0.2, 0) is 7.05 Å². The molecule has 0 atom stereocenters. The van der Waals surface area contributed by atoms with E-state index in [4.69, 9.17) is 4.74 Å². The van der Waals surface area contributed by atoms with E-state index >= 15 is 0 Å². The lowest BCUT2D eigenvalue weighted by Gasteiger charge is -2.23. The molecule has 0 radical (unpaired) electrons. The maximum atomic E-state index is 13.2. The van der Waals surface area contributed by atoms with Crippen molar-refractivity contribution in [1.82, 2.24) is 24.6 Å². The molecule has 0 aliphatic carbocycles. The first-order chi connectivity index (χ1) is 17.1. The smallest absolute Gasteiger partial charge is 0.387 e. The Hall–Kier alpha value is -3.91. The van der Waals surface area contributed by atoms with Gasteiger partial charge in [0.25, 0.3) is 5.69 Å². The monoisotopic (exact) mass is 518 g/mol. The second-order valence-electron chi connectivity index (χ2n) is 8.20. The molecule has 3 heterocycles. The van der Waals surface area contributed by atoms with Gasteiger partial charge in [-0.15, -0.1) is 11.3 Å². The van der Waals surface area contributed by atoms with Gasteiger partial charge < -0.3 is 19.9 Å². The third-order valence-corrected chi connectivity index (χ3v) is 6.30. The first-order valence-electron chi connectivity index (χ1n) is 10.8. The van der Waals surface area contributed by atoms with E-state index < -0.39 is 11.5 Å². The van der Waals surface area contributed by atoms with E-state index in [0.29, 0.717) is 24.5 Å². The summed E-state index contributed by atoms with van der Waals surface area (Å²) in [5.41, 5.74) is 1.90. The van der Waals surface area contributed by atoms with Crippen LogP contribution in [0.5, 0.6) is 5.75 Å². The highest BCUT2D eigenvalue weighted by Gasteiger charge is 2.24. The number of aryl methyl sites for hydroxylation is 1. The van der Waals surface area contributed by atoms with Crippen LogP contribution in [0.4, 0.5) is 31.8 Å². The van der Waals surface area contributed by atoms with Gasteiger partial charge in [0.05, 0.1) is 26.5 Å². The molecule has 1 N–H and O–H groups in total. The average molecular weight is 519 g/mol. The normalized spacial score (nSPS) is 11.4. The van der Waals surface area contributed by atoms with E-state index in [9.17, 15) is 18.9 Å². The fourth-order valence-corrected chi connectivity index (χ4v) is 4.50. The van der Waals surface area contributed by atoms with E-state index in [0.717, 1.165) is 16.3 Å². The van der Waals surface area contributed by atoms with E-state index in [1.807, 2.05) is 37.5 Å². The Balaban J connectivity index is 1.72. The van der Waals surface area contributed by atoms with Crippen molar-refractivity contribution >= 4 is 44.6 Å². The summed E-state index contributed by atoms with van der Waals surface area (Å²) < 4.78 is 33.9. The van der Waals surface area contributed by atoms with Gasteiger partial charge in [0.15, 0.2) is 5.75 Å². The molecular formula is C22H24F2N8O3S. The van der Waals surface area contributed by atoms with Crippen LogP contribution in [-0.4, -0.2) is 70.4 Å². The molecule has 0 amide bonds. The molecule has 14 heteroatoms. The summed E-state index contributed by atoms with van der Waals surface area (Å²) in [7, 11) is 7.20. The number of halogens is 2. The molecule has 0 aliphatic rings. The Morgan fingerprint density at radius 2 is 2.03 bits per heavy atom. The number of hydrogen-bond donors (Lipinski definition) is 1. The van der Waals surface area contributed by atoms with Crippen LogP contribution in [0.15, 0.2) is 35.8 Å². The van der Waals surface area contributed by atoms with Gasteiger partial charge in [-0.2, -0.15) is 13.9 Å². The first kappa shape index (κ1) is 25.2. The lowest BCUT2D eigenvalue weighted by molar-refractivity contribution is -0.384. The van der Waals surface area contributed by atoms with Crippen molar-refractivity contribution in [2.45, 2.75) is 6.61 Å². The van der Waals surface area contributed by atoms with E-state index in [1.54, 1.807) is 22.7 Å². The number of nitrogens with one attached hydrogen (secondary N) is 1. The van der Waals surface area contributed by atoms with Crippen LogP contribution >= 0.6 is 11.3 Å². The summed E-state index contributed by atoms with van der Waals surface area (Å²) >= 11 is 1.51. The fourth-order valence-electron chi connectivity index (χ4n) is 3.59. The van der Waals surface area contributed by atoms with E-state index in [-0.39, 0.29) is 28.8 Å². The average Bonchev–Trinajstić information content (AvgIpc) is 3.42. The van der Waals surface area contributed by atoms with Crippen molar-refractivity contribution in [2.24, 2.45) is 7.05 Å². The molecule has 3 aromatic heterocycles. The molecule has 4 rings (SSSR count). The molecule has 4 aromatic rings. The number of aromatic nitrogens is 4. The quantitative estimate of drug-likeness (QED) is 0.242. The minimum atomic E-state index is -3.14. The SMILES string of the molecule is CN(C)CCN(C)c1cc(OC(F)F)c(Nc2nccc(-c3nn(C)c4ccsc34)n2)cc1[N+](=O)[O-]. The van der Waals surface area contributed by atoms with Gasteiger partial charge >= 0.3 is 6.61 Å². The molecule has 0 saturated heterocycles. The number of ether oxygens (including phenoxy) is 1. The number of nitrogens with zero attached hydrogens (tertiary/aromatic N) is 7. The zero-order valence-electron chi connectivity index (χ0n) is 20.0. The zero-order chi connectivity index (χ0) is 26.0. The van der Waals surface area contributed by atoms with Crippen LogP contribution in [0.25, 0.3) is 21.6 Å². The van der Waals surface area contributed by atoms with E-state index in [1.165, 1.54) is 23.6 Å². The summed E-state index contributed by atoms with van der Waals surface area (Å²) in [6.45, 7) is -2.11. The van der Waals surface area contributed by atoms with Gasteiger partial charge in [-0.05, 0) is 31.6 Å². The predicted molar refractivity (Wildman–Crippen MR) is 134 cm³/mol. The Morgan fingerprint density at radius 1 is 1.25 bits per heavy atom. The molecule has 0 saturated carbocycles. The summed E-state index contributed by atoms with van der Waals surface area (Å²) in [5, 5.41) is 21.1. The van der Waals surface area contributed by atoms with E-state index in [2.05, 4.69) is 20.4 Å². The van der Waals surface area contributed by atoms with Gasteiger partial charge in [-0.25, -0.2) is 9.97 Å². The number of fused-ring (bicyclic) bond motifs is 1. The number of nitro benzene ring substituents is 1. The van der Waals surface area contributed by atoms with Gasteiger partial charge in [0, 0.05) is 45.5 Å². The summed E-state index contributed by atoms with van der Waals surface area (Å²) in [4.78, 5) is 23.4. The molecule has 0 aliphatic heterocycles. The van der Waals surface area contributed by atoms with Crippen molar-refractivity contribution in [3.05, 3.63) is 46.0 Å². The van der Waals surface area contributed by atoms with Crippen LogP contribution < -0.4 is 15.0 Å². The van der Waals surface area contributed by atoms with Crippen molar-refractivity contribution in [1.29, 1.82) is 0 Å². The van der Waals surface area contributed by atoms with Crippen molar-refractivity contribution in [2.75, 3.05) is 44.4 Å².